The molecule has 3 N–H and O–H groups in total. The van der Waals surface area contributed by atoms with Gasteiger partial charge in [0, 0.05) is 11.3 Å². The highest BCUT2D eigenvalue weighted by Gasteiger charge is 2.16. The number of pyridine rings is 1. The van der Waals surface area contributed by atoms with Crippen LogP contribution in [0.2, 0.25) is 0 Å². The minimum atomic E-state index is -0.392. The maximum absolute atomic E-state index is 12.2. The molecule has 1 amide bonds. The molecule has 0 aromatic carbocycles. The van der Waals surface area contributed by atoms with Gasteiger partial charge in [0.2, 0.25) is 0 Å². The summed E-state index contributed by atoms with van der Waals surface area (Å²) in [6.45, 7) is 1.63. The maximum Gasteiger partial charge on any atom is 0.255 e. The third-order valence-corrected chi connectivity index (χ3v) is 2.45. The number of hydrazine groups is 1. The quantitative estimate of drug-likeness (QED) is 0.448. The topological polar surface area (TPSA) is 119 Å². The second-order valence-electron chi connectivity index (χ2n) is 3.71. The largest absolute Gasteiger partial charge is 0.312 e. The van der Waals surface area contributed by atoms with E-state index in [9.17, 15) is 4.79 Å². The number of nitriles is 2. The molecule has 19 heavy (non-hydrogen) atoms. The molecule has 7 heteroatoms. The normalized spacial score (nSPS) is 9.26. The van der Waals surface area contributed by atoms with Crippen molar-refractivity contribution in [3.05, 3.63) is 23.4 Å². The molecule has 0 bridgehead atoms. The Kier molecular flexibility index (Phi) is 5.27. The molecule has 0 unspecified atom stereocenters. The van der Waals surface area contributed by atoms with Gasteiger partial charge < -0.3 is 10.3 Å². The predicted octanol–water partition coefficient (Wildman–Crippen LogP) is 0.419. The van der Waals surface area contributed by atoms with Crippen LogP contribution in [0.1, 0.15) is 23.0 Å². The van der Waals surface area contributed by atoms with Crippen molar-refractivity contribution in [1.82, 2.24) is 9.88 Å². The van der Waals surface area contributed by atoms with Crippen LogP contribution in [0, 0.1) is 22.7 Å². The molecule has 1 heterocycles. The van der Waals surface area contributed by atoms with E-state index < -0.39 is 5.91 Å². The predicted molar refractivity (Wildman–Crippen MR) is 68.6 cm³/mol. The van der Waals surface area contributed by atoms with Crippen LogP contribution in [0.3, 0.4) is 0 Å². The first-order valence-electron chi connectivity index (χ1n) is 5.67. The Balaban J connectivity index is 3.10. The Morgan fingerprint density at radius 2 is 2.05 bits per heavy atom. The number of carbonyl (C=O) groups excluding carboxylic acids is 1. The number of nitrogens with zero attached hydrogens (tertiary/aromatic N) is 4. The number of hydrogen-bond acceptors (Lipinski definition) is 6. The summed E-state index contributed by atoms with van der Waals surface area (Å²) in [6.07, 6.45) is 0.645. The minimum Gasteiger partial charge on any atom is -0.312 e. The van der Waals surface area contributed by atoms with E-state index in [-0.39, 0.29) is 13.1 Å². The second kappa shape index (κ2) is 6.94. The lowest BCUT2D eigenvalue weighted by Crippen LogP contribution is -2.32. The Bertz CT molecular complexity index is 504. The van der Waals surface area contributed by atoms with Crippen LogP contribution in [0.5, 0.6) is 0 Å². The van der Waals surface area contributed by atoms with Crippen molar-refractivity contribution in [3.8, 4) is 12.1 Å². The third kappa shape index (κ3) is 3.66. The number of anilines is 1. The van der Waals surface area contributed by atoms with Crippen LogP contribution in [0.15, 0.2) is 12.1 Å². The third-order valence-electron chi connectivity index (χ3n) is 2.45. The van der Waals surface area contributed by atoms with Crippen molar-refractivity contribution in [2.24, 2.45) is 5.84 Å². The zero-order chi connectivity index (χ0) is 14.3. The fourth-order valence-electron chi connectivity index (χ4n) is 1.52. The first kappa shape index (κ1) is 14.4. The standard InChI is InChI=1S/C12H14N6O/c1-2-10-7-9(8-11(16-10)17-15)12(19)18(5-3-13)6-4-14/h7-8H,2,5-6,15H2,1H3,(H,16,17). The van der Waals surface area contributed by atoms with E-state index in [1.54, 1.807) is 6.07 Å². The van der Waals surface area contributed by atoms with Crippen LogP contribution < -0.4 is 11.3 Å². The van der Waals surface area contributed by atoms with Crippen LogP contribution in [0.4, 0.5) is 5.82 Å². The van der Waals surface area contributed by atoms with Gasteiger partial charge in [0.1, 0.15) is 18.9 Å². The summed E-state index contributed by atoms with van der Waals surface area (Å²) < 4.78 is 0. The Morgan fingerprint density at radius 3 is 2.53 bits per heavy atom. The van der Waals surface area contributed by atoms with E-state index in [1.165, 1.54) is 6.07 Å². The number of hydrogen-bond donors (Lipinski definition) is 2. The van der Waals surface area contributed by atoms with Gasteiger partial charge in [-0.1, -0.05) is 6.92 Å². The fourth-order valence-corrected chi connectivity index (χ4v) is 1.52. The molecular weight excluding hydrogens is 244 g/mol. The summed E-state index contributed by atoms with van der Waals surface area (Å²) in [5, 5.41) is 17.3. The Labute approximate surface area is 111 Å². The number of nitrogens with one attached hydrogen (secondary N) is 1. The molecule has 0 spiro atoms. The molecule has 0 saturated carbocycles. The average Bonchev–Trinajstić information content (AvgIpc) is 2.45. The Morgan fingerprint density at radius 1 is 1.42 bits per heavy atom. The first-order valence-corrected chi connectivity index (χ1v) is 5.67. The van der Waals surface area contributed by atoms with Gasteiger partial charge in [0.25, 0.3) is 5.91 Å². The molecule has 0 aliphatic heterocycles. The number of aryl methyl sites for hydroxylation is 1. The van der Waals surface area contributed by atoms with Crippen LogP contribution >= 0.6 is 0 Å². The molecule has 98 valence electrons. The zero-order valence-corrected chi connectivity index (χ0v) is 10.6. The molecule has 0 saturated heterocycles. The summed E-state index contributed by atoms with van der Waals surface area (Å²) in [5.74, 6) is 5.27. The van der Waals surface area contributed by atoms with Crippen LogP contribution in [-0.2, 0) is 6.42 Å². The molecule has 0 radical (unpaired) electrons. The summed E-state index contributed by atoms with van der Waals surface area (Å²) >= 11 is 0. The van der Waals surface area contributed by atoms with Crippen molar-refractivity contribution >= 4 is 11.7 Å². The second-order valence-corrected chi connectivity index (χ2v) is 3.71. The monoisotopic (exact) mass is 258 g/mol. The highest BCUT2D eigenvalue weighted by atomic mass is 16.2. The van der Waals surface area contributed by atoms with Crippen molar-refractivity contribution in [2.75, 3.05) is 18.5 Å². The lowest BCUT2D eigenvalue weighted by molar-refractivity contribution is 0.0794. The van der Waals surface area contributed by atoms with Crippen molar-refractivity contribution in [3.63, 3.8) is 0 Å². The SMILES string of the molecule is CCc1cc(C(=O)N(CC#N)CC#N)cc(NN)n1. The van der Waals surface area contributed by atoms with Gasteiger partial charge in [-0.25, -0.2) is 10.8 Å². The van der Waals surface area contributed by atoms with Gasteiger partial charge in [-0.3, -0.25) is 4.79 Å². The average molecular weight is 258 g/mol. The van der Waals surface area contributed by atoms with Crippen molar-refractivity contribution in [1.29, 1.82) is 10.5 Å². The number of rotatable bonds is 5. The lowest BCUT2D eigenvalue weighted by atomic mass is 10.1. The molecule has 0 atom stereocenters. The van der Waals surface area contributed by atoms with Crippen molar-refractivity contribution < 1.29 is 4.79 Å². The molecule has 0 aliphatic carbocycles. The summed E-state index contributed by atoms with van der Waals surface area (Å²) in [6, 6.07) is 6.84. The molecular formula is C12H14N6O. The van der Waals surface area contributed by atoms with Crippen LogP contribution in [0.25, 0.3) is 0 Å². The first-order chi connectivity index (χ1) is 9.15. The van der Waals surface area contributed by atoms with Gasteiger partial charge in [0.05, 0.1) is 12.1 Å². The summed E-state index contributed by atoms with van der Waals surface area (Å²) in [5.41, 5.74) is 3.44. The van der Waals surface area contributed by atoms with E-state index in [0.29, 0.717) is 23.5 Å². The summed E-state index contributed by atoms with van der Waals surface area (Å²) in [7, 11) is 0. The van der Waals surface area contributed by atoms with Crippen LogP contribution in [-0.4, -0.2) is 28.9 Å². The number of nitrogen functional groups attached to an aromatic ring is 1. The number of amides is 1. The Hall–Kier alpha value is -2.64. The minimum absolute atomic E-state index is 0.137. The smallest absolute Gasteiger partial charge is 0.255 e. The molecule has 1 aromatic rings. The van der Waals surface area contributed by atoms with Gasteiger partial charge >= 0.3 is 0 Å². The molecule has 0 fully saturated rings. The van der Waals surface area contributed by atoms with Gasteiger partial charge in [-0.05, 0) is 18.6 Å². The zero-order valence-electron chi connectivity index (χ0n) is 10.6. The van der Waals surface area contributed by atoms with E-state index in [2.05, 4.69) is 10.4 Å². The highest BCUT2D eigenvalue weighted by Crippen LogP contribution is 2.12. The highest BCUT2D eigenvalue weighted by molar-refractivity contribution is 5.95. The number of nitrogens with two attached hydrogens (primary N) is 1. The number of aromatic nitrogens is 1. The van der Waals surface area contributed by atoms with E-state index >= 15 is 0 Å². The van der Waals surface area contributed by atoms with Gasteiger partial charge in [0.15, 0.2) is 0 Å². The molecule has 1 aromatic heterocycles. The fraction of sp³-hybridized carbons (Fsp3) is 0.333. The van der Waals surface area contributed by atoms with Gasteiger partial charge in [-0.15, -0.1) is 0 Å². The van der Waals surface area contributed by atoms with E-state index in [1.807, 2.05) is 19.1 Å². The molecule has 1 rings (SSSR count). The summed E-state index contributed by atoms with van der Waals surface area (Å²) in [4.78, 5) is 17.5. The molecule has 0 aliphatic rings. The van der Waals surface area contributed by atoms with Crippen molar-refractivity contribution in [2.45, 2.75) is 13.3 Å². The lowest BCUT2D eigenvalue weighted by Gasteiger charge is -2.16. The van der Waals surface area contributed by atoms with E-state index in [0.717, 1.165) is 4.90 Å². The number of carbonyl (C=O) groups is 1. The van der Waals surface area contributed by atoms with Gasteiger partial charge in [-0.2, -0.15) is 10.5 Å². The maximum atomic E-state index is 12.2. The van der Waals surface area contributed by atoms with E-state index in [4.69, 9.17) is 16.4 Å². The molecule has 7 nitrogen and oxygen atoms in total.